The molecule has 7 nitrogen and oxygen atoms in total. The van der Waals surface area contributed by atoms with Crippen LogP contribution in [0.25, 0.3) is 0 Å². The van der Waals surface area contributed by atoms with Gasteiger partial charge in [0.15, 0.2) is 0 Å². The first-order chi connectivity index (χ1) is 12.2. The monoisotopic (exact) mass is 336 g/mol. The zero-order chi connectivity index (χ0) is 17.6. The number of benzene rings is 2. The molecule has 1 unspecified atom stereocenters. The third-order valence-electron chi connectivity index (χ3n) is 3.58. The first kappa shape index (κ1) is 16.4. The molecule has 0 aliphatic carbocycles. The van der Waals surface area contributed by atoms with Crippen LogP contribution >= 0.6 is 0 Å². The predicted octanol–water partition coefficient (Wildman–Crippen LogP) is 3.93. The maximum atomic E-state index is 12.3. The molecule has 0 bridgehead atoms. The minimum Gasteiger partial charge on any atom is -0.495 e. The Bertz CT molecular complexity index is 845. The molecule has 3 rings (SSSR count). The molecule has 0 spiro atoms. The molecule has 1 heterocycles. The summed E-state index contributed by atoms with van der Waals surface area (Å²) in [6, 6.07) is 13.5. The van der Waals surface area contributed by atoms with Gasteiger partial charge < -0.3 is 15.4 Å². The van der Waals surface area contributed by atoms with E-state index in [9.17, 15) is 9.59 Å². The fourth-order valence-electron chi connectivity index (χ4n) is 2.42. The van der Waals surface area contributed by atoms with Crippen molar-refractivity contribution >= 4 is 23.3 Å². The van der Waals surface area contributed by atoms with E-state index in [2.05, 4.69) is 20.9 Å². The van der Waals surface area contributed by atoms with E-state index in [-0.39, 0.29) is 0 Å². The van der Waals surface area contributed by atoms with E-state index in [1.54, 1.807) is 36.4 Å². The first-order valence-corrected chi connectivity index (χ1v) is 7.60. The van der Waals surface area contributed by atoms with E-state index in [1.165, 1.54) is 13.2 Å². The van der Waals surface area contributed by atoms with E-state index >= 15 is 0 Å². The number of azo groups is 1. The highest BCUT2D eigenvalue weighted by Crippen LogP contribution is 2.29. The molecule has 126 valence electrons. The Labute approximate surface area is 144 Å². The second kappa shape index (κ2) is 7.39. The highest BCUT2D eigenvalue weighted by atomic mass is 16.5. The summed E-state index contributed by atoms with van der Waals surface area (Å²) < 4.78 is 5.21. The fourth-order valence-corrected chi connectivity index (χ4v) is 2.42. The summed E-state index contributed by atoms with van der Waals surface area (Å²) in [6.45, 7) is 0. The van der Waals surface area contributed by atoms with E-state index in [0.29, 0.717) is 17.1 Å². The summed E-state index contributed by atoms with van der Waals surface area (Å²) in [7, 11) is 1.54. The van der Waals surface area contributed by atoms with Gasteiger partial charge in [-0.1, -0.05) is 30.3 Å². The summed E-state index contributed by atoms with van der Waals surface area (Å²) in [4.78, 5) is 23.5. The molecule has 1 aliphatic rings. The number of ether oxygens (including phenoxy) is 1. The minimum atomic E-state index is -0.416. The molecule has 2 N–H and O–H groups in total. The number of carbonyl (C=O) groups is 2. The second-order valence-electron chi connectivity index (χ2n) is 5.22. The number of para-hydroxylation sites is 3. The molecule has 0 saturated heterocycles. The van der Waals surface area contributed by atoms with Crippen LogP contribution in [0.15, 0.2) is 70.9 Å². The molecule has 1 aliphatic heterocycles. The van der Waals surface area contributed by atoms with Crippen molar-refractivity contribution < 1.29 is 14.3 Å². The van der Waals surface area contributed by atoms with Crippen molar-refractivity contribution in [3.8, 4) is 5.75 Å². The van der Waals surface area contributed by atoms with Gasteiger partial charge in [0, 0.05) is 17.3 Å². The maximum absolute atomic E-state index is 12.3. The molecule has 7 heteroatoms. The summed E-state index contributed by atoms with van der Waals surface area (Å²) >= 11 is 0. The lowest BCUT2D eigenvalue weighted by Gasteiger charge is -2.16. The number of methoxy groups -OCH3 is 1. The Morgan fingerprint density at radius 2 is 1.72 bits per heavy atom. The summed E-state index contributed by atoms with van der Waals surface area (Å²) in [6.07, 6.45) is 3.01. The lowest BCUT2D eigenvalue weighted by atomic mass is 10.0. The van der Waals surface area contributed by atoms with Gasteiger partial charge in [-0.15, -0.1) is 5.11 Å². The van der Waals surface area contributed by atoms with Gasteiger partial charge in [0.05, 0.1) is 12.8 Å². The Morgan fingerprint density at radius 1 is 1.04 bits per heavy atom. The Morgan fingerprint density at radius 3 is 2.44 bits per heavy atom. The molecule has 2 aromatic carbocycles. The van der Waals surface area contributed by atoms with Crippen molar-refractivity contribution in [2.75, 3.05) is 17.7 Å². The fraction of sp³-hybridized carbons (Fsp3) is 0.111. The van der Waals surface area contributed by atoms with Gasteiger partial charge >= 0.3 is 6.03 Å². The van der Waals surface area contributed by atoms with E-state index < -0.39 is 18.0 Å². The van der Waals surface area contributed by atoms with E-state index in [4.69, 9.17) is 4.74 Å². The molecular weight excluding hydrogens is 320 g/mol. The number of hydrogen-bond acceptors (Lipinski definition) is 4. The number of carbonyl (C=O) groups excluding carboxylic acids is 2. The van der Waals surface area contributed by atoms with Crippen LogP contribution < -0.4 is 15.4 Å². The van der Waals surface area contributed by atoms with Gasteiger partial charge in [0.2, 0.25) is 0 Å². The van der Waals surface area contributed by atoms with Crippen LogP contribution in [0.1, 0.15) is 11.6 Å². The number of nitrogens with one attached hydrogen (secondary N) is 2. The third-order valence-corrected chi connectivity index (χ3v) is 3.58. The van der Waals surface area contributed by atoms with Crippen LogP contribution in [-0.2, 0) is 4.79 Å². The van der Waals surface area contributed by atoms with Crippen LogP contribution in [0.2, 0.25) is 0 Å². The number of rotatable bonds is 4. The SMILES string of the molecule is COc1ccccc1NC(=O)Nc1ccccc1C1C=CC(=O)N=N1. The van der Waals surface area contributed by atoms with Gasteiger partial charge in [-0.05, 0) is 24.3 Å². The van der Waals surface area contributed by atoms with Gasteiger partial charge in [-0.2, -0.15) is 5.11 Å². The third kappa shape index (κ3) is 3.89. The number of urea groups is 1. The predicted molar refractivity (Wildman–Crippen MR) is 93.8 cm³/mol. The first-order valence-electron chi connectivity index (χ1n) is 7.60. The molecule has 0 radical (unpaired) electrons. The van der Waals surface area contributed by atoms with E-state index in [0.717, 1.165) is 5.56 Å². The van der Waals surface area contributed by atoms with Crippen molar-refractivity contribution in [3.05, 3.63) is 66.2 Å². The molecule has 2 aromatic rings. The highest BCUT2D eigenvalue weighted by molar-refractivity contribution is 6.01. The number of hydrogen-bond donors (Lipinski definition) is 2. The van der Waals surface area contributed by atoms with Crippen molar-refractivity contribution in [3.63, 3.8) is 0 Å². The topological polar surface area (TPSA) is 92.2 Å². The van der Waals surface area contributed by atoms with Crippen molar-refractivity contribution in [2.24, 2.45) is 10.2 Å². The van der Waals surface area contributed by atoms with Gasteiger partial charge in [0.25, 0.3) is 5.91 Å². The van der Waals surface area contributed by atoms with Crippen molar-refractivity contribution in [1.82, 2.24) is 0 Å². The summed E-state index contributed by atoms with van der Waals surface area (Å²) in [5, 5.41) is 13.0. The van der Waals surface area contributed by atoms with E-state index in [1.807, 2.05) is 18.2 Å². The Hall–Kier alpha value is -3.48. The number of anilines is 2. The molecule has 0 aromatic heterocycles. The van der Waals surface area contributed by atoms with Crippen LogP contribution in [0.5, 0.6) is 5.75 Å². The molecule has 3 amide bonds. The molecular formula is C18H16N4O3. The van der Waals surface area contributed by atoms with Crippen LogP contribution in [0.3, 0.4) is 0 Å². The Balaban J connectivity index is 1.77. The van der Waals surface area contributed by atoms with Gasteiger partial charge in [-0.3, -0.25) is 4.79 Å². The van der Waals surface area contributed by atoms with Crippen LogP contribution in [0, 0.1) is 0 Å². The lowest BCUT2D eigenvalue weighted by molar-refractivity contribution is -0.114. The highest BCUT2D eigenvalue weighted by Gasteiger charge is 2.17. The largest absolute Gasteiger partial charge is 0.495 e. The summed E-state index contributed by atoms with van der Waals surface area (Å²) in [5.41, 5.74) is 1.88. The normalized spacial score (nSPS) is 15.7. The lowest BCUT2D eigenvalue weighted by Crippen LogP contribution is -2.21. The number of nitrogens with zero attached hydrogens (tertiary/aromatic N) is 2. The molecule has 0 fully saturated rings. The summed E-state index contributed by atoms with van der Waals surface area (Å²) in [5.74, 6) is 0.170. The smallest absolute Gasteiger partial charge is 0.323 e. The average Bonchev–Trinajstić information content (AvgIpc) is 2.63. The zero-order valence-corrected chi connectivity index (χ0v) is 13.5. The molecule has 1 atom stereocenters. The van der Waals surface area contributed by atoms with Gasteiger partial charge in [0.1, 0.15) is 11.8 Å². The molecule has 25 heavy (non-hydrogen) atoms. The average molecular weight is 336 g/mol. The van der Waals surface area contributed by atoms with Gasteiger partial charge in [-0.25, -0.2) is 4.79 Å². The van der Waals surface area contributed by atoms with Crippen LogP contribution in [-0.4, -0.2) is 19.0 Å². The second-order valence-corrected chi connectivity index (χ2v) is 5.22. The minimum absolute atomic E-state index is 0.393. The zero-order valence-electron chi connectivity index (χ0n) is 13.5. The van der Waals surface area contributed by atoms with Crippen molar-refractivity contribution in [1.29, 1.82) is 0 Å². The maximum Gasteiger partial charge on any atom is 0.323 e. The Kier molecular flexibility index (Phi) is 4.84. The number of amides is 3. The quantitative estimate of drug-likeness (QED) is 0.886. The molecule has 0 saturated carbocycles. The standard InChI is InChI=1S/C18H16N4O3/c1-25-16-9-5-4-8-15(16)20-18(24)19-13-7-3-2-6-12(13)14-10-11-17(23)22-21-14/h2-11,14H,1H3,(H2,19,20,24). The van der Waals surface area contributed by atoms with Crippen LogP contribution in [0.4, 0.5) is 16.2 Å². The van der Waals surface area contributed by atoms with Crippen molar-refractivity contribution in [2.45, 2.75) is 6.04 Å².